The molecule has 0 radical (unpaired) electrons. The summed E-state index contributed by atoms with van der Waals surface area (Å²) in [5.41, 5.74) is 3.01. The molecule has 0 aliphatic carbocycles. The second-order valence-electron chi connectivity index (χ2n) is 10.1. The van der Waals surface area contributed by atoms with Gasteiger partial charge in [0.05, 0.1) is 11.2 Å². The average Bonchev–Trinajstić information content (AvgIpc) is 3.14. The normalized spacial score (nSPS) is 18.9. The van der Waals surface area contributed by atoms with E-state index in [0.717, 1.165) is 16.5 Å². The first-order chi connectivity index (χ1) is 14.7. The van der Waals surface area contributed by atoms with Crippen molar-refractivity contribution in [2.24, 2.45) is 5.92 Å². The van der Waals surface area contributed by atoms with E-state index >= 15 is 0 Å². The highest BCUT2D eigenvalue weighted by Gasteiger charge is 2.51. The SMILES string of the molecule is CCCCC(CC)Cn1c2ccc(Br)cc2c2cc(B3OC(C)(C)C(C)(C)O3)ccc21. The van der Waals surface area contributed by atoms with Gasteiger partial charge in [0, 0.05) is 32.8 Å². The van der Waals surface area contributed by atoms with Crippen molar-refractivity contribution in [1.29, 1.82) is 0 Å². The molecule has 1 fully saturated rings. The van der Waals surface area contributed by atoms with Crippen molar-refractivity contribution in [3.8, 4) is 0 Å². The van der Waals surface area contributed by atoms with Crippen LogP contribution in [0.1, 0.15) is 67.2 Å². The van der Waals surface area contributed by atoms with Gasteiger partial charge in [-0.05, 0) is 69.8 Å². The molecule has 1 saturated heterocycles. The molecule has 0 amide bonds. The zero-order chi connectivity index (χ0) is 22.4. The van der Waals surface area contributed by atoms with Crippen molar-refractivity contribution in [2.45, 2.75) is 85.0 Å². The molecular weight excluding hydrogens is 449 g/mol. The van der Waals surface area contributed by atoms with E-state index in [-0.39, 0.29) is 18.3 Å². The van der Waals surface area contributed by atoms with Gasteiger partial charge in [0.2, 0.25) is 0 Å². The van der Waals surface area contributed by atoms with Crippen molar-refractivity contribution in [2.75, 3.05) is 0 Å². The molecule has 3 nitrogen and oxygen atoms in total. The van der Waals surface area contributed by atoms with Gasteiger partial charge in [0.25, 0.3) is 0 Å². The van der Waals surface area contributed by atoms with Crippen LogP contribution >= 0.6 is 15.9 Å². The van der Waals surface area contributed by atoms with E-state index in [4.69, 9.17) is 9.31 Å². The second kappa shape index (κ2) is 8.57. The monoisotopic (exact) mass is 483 g/mol. The number of nitrogens with zero attached hydrogens (tertiary/aromatic N) is 1. The predicted octanol–water partition coefficient (Wildman–Crippen LogP) is 7.07. The van der Waals surface area contributed by atoms with E-state index < -0.39 is 0 Å². The fourth-order valence-electron chi connectivity index (χ4n) is 4.59. The average molecular weight is 484 g/mol. The largest absolute Gasteiger partial charge is 0.494 e. The predicted molar refractivity (Wildman–Crippen MR) is 136 cm³/mol. The van der Waals surface area contributed by atoms with Crippen LogP contribution in [0.25, 0.3) is 21.8 Å². The molecule has 1 aliphatic rings. The second-order valence-corrected chi connectivity index (χ2v) is 11.0. The number of aromatic nitrogens is 1. The van der Waals surface area contributed by atoms with Crippen LogP contribution in [0.15, 0.2) is 40.9 Å². The van der Waals surface area contributed by atoms with Crippen LogP contribution in [0.4, 0.5) is 0 Å². The van der Waals surface area contributed by atoms with Crippen LogP contribution in [0.3, 0.4) is 0 Å². The summed E-state index contributed by atoms with van der Waals surface area (Å²) >= 11 is 3.68. The molecule has 2 heterocycles. The lowest BCUT2D eigenvalue weighted by atomic mass is 9.78. The molecule has 0 bridgehead atoms. The first kappa shape index (κ1) is 22.9. The number of hydrogen-bond donors (Lipinski definition) is 0. The highest BCUT2D eigenvalue weighted by atomic mass is 79.9. The van der Waals surface area contributed by atoms with Crippen LogP contribution in [-0.4, -0.2) is 22.9 Å². The molecule has 0 spiro atoms. The highest BCUT2D eigenvalue weighted by Crippen LogP contribution is 2.37. The first-order valence-electron chi connectivity index (χ1n) is 11.7. The Hall–Kier alpha value is -1.30. The molecule has 1 unspecified atom stereocenters. The maximum absolute atomic E-state index is 6.33. The zero-order valence-electron chi connectivity index (χ0n) is 19.8. The molecule has 0 saturated carbocycles. The van der Waals surface area contributed by atoms with Crippen molar-refractivity contribution in [3.05, 3.63) is 40.9 Å². The smallest absolute Gasteiger partial charge is 0.399 e. The van der Waals surface area contributed by atoms with Gasteiger partial charge < -0.3 is 13.9 Å². The lowest BCUT2D eigenvalue weighted by Crippen LogP contribution is -2.41. The van der Waals surface area contributed by atoms with Crippen LogP contribution in [0.5, 0.6) is 0 Å². The van der Waals surface area contributed by atoms with E-state index in [9.17, 15) is 0 Å². The fraction of sp³-hybridized carbons (Fsp3) is 0.538. The Balaban J connectivity index is 1.79. The quantitative estimate of drug-likeness (QED) is 0.335. The van der Waals surface area contributed by atoms with Gasteiger partial charge in [-0.1, -0.05) is 61.2 Å². The van der Waals surface area contributed by atoms with Gasteiger partial charge in [0.1, 0.15) is 0 Å². The Labute approximate surface area is 195 Å². The van der Waals surface area contributed by atoms with E-state index in [1.54, 1.807) is 0 Å². The first-order valence-corrected chi connectivity index (χ1v) is 12.5. The van der Waals surface area contributed by atoms with E-state index in [1.165, 1.54) is 47.5 Å². The van der Waals surface area contributed by atoms with Crippen LogP contribution in [-0.2, 0) is 15.9 Å². The minimum atomic E-state index is -0.340. The standard InChI is InChI=1S/C26H35BBrNO2/c1-7-9-10-18(8-2)17-29-23-13-11-19(27-30-25(3,4)26(5,6)31-27)15-21(23)22-16-20(28)12-14-24(22)29/h11-16,18H,7-10,17H2,1-6H3. The third kappa shape index (κ3) is 4.21. The van der Waals surface area contributed by atoms with Gasteiger partial charge in [0.15, 0.2) is 0 Å². The lowest BCUT2D eigenvalue weighted by Gasteiger charge is -2.32. The molecule has 1 atom stereocenters. The number of hydrogen-bond acceptors (Lipinski definition) is 2. The maximum atomic E-state index is 6.33. The van der Waals surface area contributed by atoms with E-state index in [2.05, 4.69) is 98.4 Å². The van der Waals surface area contributed by atoms with E-state index in [0.29, 0.717) is 5.92 Å². The molecule has 5 heteroatoms. The van der Waals surface area contributed by atoms with Crippen LogP contribution < -0.4 is 5.46 Å². The Kier molecular flexibility index (Phi) is 6.33. The number of halogens is 1. The third-order valence-corrected chi connectivity index (χ3v) is 7.85. The number of benzene rings is 2. The third-order valence-electron chi connectivity index (χ3n) is 7.36. The van der Waals surface area contributed by atoms with Crippen molar-refractivity contribution >= 4 is 50.3 Å². The van der Waals surface area contributed by atoms with Crippen molar-refractivity contribution < 1.29 is 9.31 Å². The molecule has 3 aromatic rings. The molecule has 2 aromatic carbocycles. The van der Waals surface area contributed by atoms with Crippen molar-refractivity contribution in [1.82, 2.24) is 4.57 Å². The molecule has 4 rings (SSSR count). The number of fused-ring (bicyclic) bond motifs is 3. The Morgan fingerprint density at radius 1 is 0.935 bits per heavy atom. The summed E-state index contributed by atoms with van der Waals surface area (Å²) in [5, 5.41) is 2.56. The summed E-state index contributed by atoms with van der Waals surface area (Å²) < 4.78 is 16.3. The minimum Gasteiger partial charge on any atom is -0.399 e. The van der Waals surface area contributed by atoms with Gasteiger partial charge in [-0.15, -0.1) is 0 Å². The summed E-state index contributed by atoms with van der Waals surface area (Å²) in [6, 6.07) is 13.4. The number of unbranched alkanes of at least 4 members (excludes halogenated alkanes) is 1. The van der Waals surface area contributed by atoms with Crippen molar-refractivity contribution in [3.63, 3.8) is 0 Å². The lowest BCUT2D eigenvalue weighted by molar-refractivity contribution is 0.00578. The molecule has 1 aliphatic heterocycles. The summed E-state index contributed by atoms with van der Waals surface area (Å²) in [5.74, 6) is 0.699. The molecular formula is C26H35BBrNO2. The molecule has 166 valence electrons. The minimum absolute atomic E-state index is 0.336. The molecule has 31 heavy (non-hydrogen) atoms. The summed E-state index contributed by atoms with van der Waals surface area (Å²) in [7, 11) is -0.340. The molecule has 0 N–H and O–H groups in total. The maximum Gasteiger partial charge on any atom is 0.494 e. The van der Waals surface area contributed by atoms with Gasteiger partial charge in [-0.2, -0.15) is 0 Å². The van der Waals surface area contributed by atoms with Gasteiger partial charge in [-0.3, -0.25) is 0 Å². The summed E-state index contributed by atoms with van der Waals surface area (Å²) in [6.45, 7) is 14.1. The zero-order valence-corrected chi connectivity index (χ0v) is 21.4. The van der Waals surface area contributed by atoms with E-state index in [1.807, 2.05) is 0 Å². The fourth-order valence-corrected chi connectivity index (χ4v) is 4.95. The highest BCUT2D eigenvalue weighted by molar-refractivity contribution is 9.10. The Bertz CT molecular complexity index is 1070. The summed E-state index contributed by atoms with van der Waals surface area (Å²) in [6.07, 6.45) is 5.06. The van der Waals surface area contributed by atoms with Crippen LogP contribution in [0, 0.1) is 5.92 Å². The summed E-state index contributed by atoms with van der Waals surface area (Å²) in [4.78, 5) is 0. The topological polar surface area (TPSA) is 23.4 Å². The Morgan fingerprint density at radius 3 is 2.16 bits per heavy atom. The Morgan fingerprint density at radius 2 is 1.55 bits per heavy atom. The van der Waals surface area contributed by atoms with Gasteiger partial charge in [-0.25, -0.2) is 0 Å². The van der Waals surface area contributed by atoms with Crippen LogP contribution in [0.2, 0.25) is 0 Å². The number of rotatable bonds is 7. The molecule has 1 aromatic heterocycles. The van der Waals surface area contributed by atoms with Gasteiger partial charge >= 0.3 is 7.12 Å².